The first-order chi connectivity index (χ1) is 9.94. The molecule has 1 fully saturated rings. The number of hydrogen-bond acceptors (Lipinski definition) is 4. The summed E-state index contributed by atoms with van der Waals surface area (Å²) in [7, 11) is 0. The topological polar surface area (TPSA) is 78.9 Å². The van der Waals surface area contributed by atoms with Crippen molar-refractivity contribution >= 4 is 11.7 Å². The summed E-state index contributed by atoms with van der Waals surface area (Å²) in [5, 5.41) is 16.4. The first-order valence-corrected chi connectivity index (χ1v) is 7.87. The maximum Gasteiger partial charge on any atom is 0.162 e. The highest BCUT2D eigenvalue weighted by atomic mass is 15.3. The van der Waals surface area contributed by atoms with Gasteiger partial charge in [-0.15, -0.1) is 5.10 Å². The van der Waals surface area contributed by atoms with Crippen molar-refractivity contribution in [3.8, 4) is 0 Å². The molecule has 21 heavy (non-hydrogen) atoms. The number of hydrogen-bond donors (Lipinski definition) is 2. The highest BCUT2D eigenvalue weighted by Gasteiger charge is 2.33. The minimum atomic E-state index is 0.0864. The van der Waals surface area contributed by atoms with Crippen LogP contribution < -0.4 is 10.6 Å². The molecule has 0 unspecified atom stereocenters. The molecule has 0 spiro atoms. The molecule has 1 aliphatic rings. The quantitative estimate of drug-likeness (QED) is 0.660. The van der Waals surface area contributed by atoms with Crippen LogP contribution in [0.2, 0.25) is 0 Å². The molecule has 0 amide bonds. The Bertz CT molecular complexity index is 524. The van der Waals surface area contributed by atoms with Gasteiger partial charge in [0.05, 0.1) is 11.3 Å². The molecule has 116 valence electrons. The SMILES string of the molecule is CCC1(CC)CCN(c2nnc(C)c(C)c2C(=N)N)CC1. The predicted molar refractivity (Wildman–Crippen MR) is 87.0 cm³/mol. The van der Waals surface area contributed by atoms with Crippen molar-refractivity contribution in [3.63, 3.8) is 0 Å². The van der Waals surface area contributed by atoms with Crippen LogP contribution in [0.5, 0.6) is 0 Å². The van der Waals surface area contributed by atoms with Gasteiger partial charge < -0.3 is 10.6 Å². The van der Waals surface area contributed by atoms with Crippen LogP contribution in [0.1, 0.15) is 56.4 Å². The van der Waals surface area contributed by atoms with E-state index in [4.69, 9.17) is 11.1 Å². The Kier molecular flexibility index (Phi) is 4.49. The molecule has 1 aromatic heterocycles. The molecule has 5 nitrogen and oxygen atoms in total. The van der Waals surface area contributed by atoms with Gasteiger partial charge in [-0.1, -0.05) is 26.7 Å². The minimum absolute atomic E-state index is 0.0864. The first kappa shape index (κ1) is 15.7. The Labute approximate surface area is 127 Å². The van der Waals surface area contributed by atoms with E-state index in [1.807, 2.05) is 13.8 Å². The van der Waals surface area contributed by atoms with Crippen LogP contribution >= 0.6 is 0 Å². The molecule has 2 rings (SSSR count). The van der Waals surface area contributed by atoms with Gasteiger partial charge in [-0.2, -0.15) is 5.10 Å². The van der Waals surface area contributed by atoms with E-state index in [1.54, 1.807) is 0 Å². The van der Waals surface area contributed by atoms with Crippen LogP contribution in [-0.2, 0) is 0 Å². The molecule has 0 radical (unpaired) electrons. The van der Waals surface area contributed by atoms with E-state index in [0.717, 1.165) is 35.7 Å². The van der Waals surface area contributed by atoms with E-state index in [0.29, 0.717) is 5.41 Å². The van der Waals surface area contributed by atoms with Crippen LogP contribution in [0.4, 0.5) is 5.82 Å². The number of aryl methyl sites for hydroxylation is 1. The van der Waals surface area contributed by atoms with Crippen molar-refractivity contribution in [1.29, 1.82) is 5.41 Å². The maximum atomic E-state index is 7.87. The zero-order valence-electron chi connectivity index (χ0n) is 13.7. The molecule has 0 bridgehead atoms. The molecule has 0 aromatic carbocycles. The molecule has 0 atom stereocenters. The Balaban J connectivity index is 2.29. The number of piperidine rings is 1. The van der Waals surface area contributed by atoms with Crippen LogP contribution in [0, 0.1) is 24.7 Å². The van der Waals surface area contributed by atoms with E-state index in [2.05, 4.69) is 28.9 Å². The third-order valence-corrected chi connectivity index (χ3v) is 5.33. The Morgan fingerprint density at radius 3 is 2.24 bits per heavy atom. The molecule has 5 heteroatoms. The molecule has 1 saturated heterocycles. The number of nitrogens with zero attached hydrogens (tertiary/aromatic N) is 3. The summed E-state index contributed by atoms with van der Waals surface area (Å²) in [5.41, 5.74) is 8.82. The summed E-state index contributed by atoms with van der Waals surface area (Å²) in [6.45, 7) is 10.4. The fourth-order valence-electron chi connectivity index (χ4n) is 3.29. The Hall–Kier alpha value is -1.65. The third kappa shape index (κ3) is 2.87. The second-order valence-corrected chi connectivity index (χ2v) is 6.22. The summed E-state index contributed by atoms with van der Waals surface area (Å²) < 4.78 is 0. The highest BCUT2D eigenvalue weighted by Crippen LogP contribution is 2.39. The lowest BCUT2D eigenvalue weighted by Crippen LogP contribution is -2.41. The number of nitrogen functional groups attached to an aromatic ring is 1. The second-order valence-electron chi connectivity index (χ2n) is 6.22. The van der Waals surface area contributed by atoms with Crippen LogP contribution in [0.15, 0.2) is 0 Å². The number of aromatic nitrogens is 2. The second kappa shape index (κ2) is 6.00. The summed E-state index contributed by atoms with van der Waals surface area (Å²) in [4.78, 5) is 2.25. The Morgan fingerprint density at radius 2 is 1.76 bits per heavy atom. The lowest BCUT2D eigenvalue weighted by atomic mass is 9.74. The van der Waals surface area contributed by atoms with Crippen molar-refractivity contribution in [2.45, 2.75) is 53.4 Å². The number of nitrogens with one attached hydrogen (secondary N) is 1. The van der Waals surface area contributed by atoms with Gasteiger partial charge >= 0.3 is 0 Å². The first-order valence-electron chi connectivity index (χ1n) is 7.87. The Morgan fingerprint density at radius 1 is 1.19 bits per heavy atom. The standard InChI is InChI=1S/C16H27N5/c1-5-16(6-2)7-9-21(10-8-16)15-13(14(17)18)11(3)12(4)19-20-15/h5-10H2,1-4H3,(H3,17,18). The van der Waals surface area contributed by atoms with Crippen LogP contribution in [0.25, 0.3) is 0 Å². The molecular formula is C16H27N5. The van der Waals surface area contributed by atoms with Gasteiger partial charge in [0, 0.05) is 13.1 Å². The smallest absolute Gasteiger partial charge is 0.162 e. The monoisotopic (exact) mass is 289 g/mol. The van der Waals surface area contributed by atoms with Gasteiger partial charge in [0.2, 0.25) is 0 Å². The van der Waals surface area contributed by atoms with E-state index in [1.165, 1.54) is 25.7 Å². The van der Waals surface area contributed by atoms with Crippen molar-refractivity contribution in [1.82, 2.24) is 10.2 Å². The lowest BCUT2D eigenvalue weighted by molar-refractivity contribution is 0.199. The number of anilines is 1. The van der Waals surface area contributed by atoms with Gasteiger partial charge in [-0.25, -0.2) is 0 Å². The fraction of sp³-hybridized carbons (Fsp3) is 0.688. The molecule has 0 saturated carbocycles. The zero-order chi connectivity index (χ0) is 15.6. The molecular weight excluding hydrogens is 262 g/mol. The van der Waals surface area contributed by atoms with Crippen LogP contribution in [-0.4, -0.2) is 29.1 Å². The van der Waals surface area contributed by atoms with Crippen molar-refractivity contribution in [2.24, 2.45) is 11.1 Å². The van der Waals surface area contributed by atoms with Gasteiger partial charge in [0.15, 0.2) is 5.82 Å². The average molecular weight is 289 g/mol. The normalized spacial score (nSPS) is 17.8. The van der Waals surface area contributed by atoms with E-state index >= 15 is 0 Å². The van der Waals surface area contributed by atoms with E-state index < -0.39 is 0 Å². The fourth-order valence-corrected chi connectivity index (χ4v) is 3.29. The lowest BCUT2D eigenvalue weighted by Gasteiger charge is -2.41. The molecule has 2 heterocycles. The summed E-state index contributed by atoms with van der Waals surface area (Å²) in [6.07, 6.45) is 4.81. The van der Waals surface area contributed by atoms with Gasteiger partial charge in [-0.3, -0.25) is 5.41 Å². The number of amidine groups is 1. The summed E-state index contributed by atoms with van der Waals surface area (Å²) >= 11 is 0. The van der Waals surface area contributed by atoms with Gasteiger partial charge in [-0.05, 0) is 37.7 Å². The molecule has 1 aromatic rings. The average Bonchev–Trinajstić information content (AvgIpc) is 2.49. The summed E-state index contributed by atoms with van der Waals surface area (Å²) in [6, 6.07) is 0. The van der Waals surface area contributed by atoms with Crippen LogP contribution in [0.3, 0.4) is 0 Å². The predicted octanol–water partition coefficient (Wildman–Crippen LogP) is 2.78. The third-order valence-electron chi connectivity index (χ3n) is 5.33. The van der Waals surface area contributed by atoms with Gasteiger partial charge in [0.1, 0.15) is 5.84 Å². The van der Waals surface area contributed by atoms with Crippen molar-refractivity contribution in [3.05, 3.63) is 16.8 Å². The van der Waals surface area contributed by atoms with Crippen molar-refractivity contribution < 1.29 is 0 Å². The molecule has 1 aliphatic heterocycles. The molecule has 3 N–H and O–H groups in total. The zero-order valence-corrected chi connectivity index (χ0v) is 13.7. The van der Waals surface area contributed by atoms with Crippen molar-refractivity contribution in [2.75, 3.05) is 18.0 Å². The summed E-state index contributed by atoms with van der Waals surface area (Å²) in [5.74, 6) is 0.870. The maximum absolute atomic E-state index is 7.87. The minimum Gasteiger partial charge on any atom is -0.384 e. The molecule has 0 aliphatic carbocycles. The highest BCUT2D eigenvalue weighted by molar-refractivity contribution is 6.01. The van der Waals surface area contributed by atoms with Gasteiger partial charge in [0.25, 0.3) is 0 Å². The van der Waals surface area contributed by atoms with E-state index in [9.17, 15) is 0 Å². The largest absolute Gasteiger partial charge is 0.384 e. The van der Waals surface area contributed by atoms with E-state index in [-0.39, 0.29) is 5.84 Å². The number of rotatable bonds is 4. The number of nitrogens with two attached hydrogens (primary N) is 1.